The summed E-state index contributed by atoms with van der Waals surface area (Å²) >= 11 is 0. The number of nitriles is 1. The van der Waals surface area contributed by atoms with E-state index in [0.29, 0.717) is 12.1 Å². The molecular formula is C17H19N3O2S. The molecule has 0 fully saturated rings. The van der Waals surface area contributed by atoms with Crippen molar-refractivity contribution in [3.05, 3.63) is 65.2 Å². The number of primary sulfonamides is 1. The first-order valence-corrected chi connectivity index (χ1v) is 8.68. The lowest BCUT2D eigenvalue weighted by atomic mass is 10.0. The van der Waals surface area contributed by atoms with Crippen LogP contribution in [0, 0.1) is 11.3 Å². The zero-order chi connectivity index (χ0) is 17.0. The summed E-state index contributed by atoms with van der Waals surface area (Å²) in [5, 5.41) is 14.3. The van der Waals surface area contributed by atoms with E-state index in [0.717, 1.165) is 11.1 Å². The van der Waals surface area contributed by atoms with Crippen LogP contribution in [-0.4, -0.2) is 20.4 Å². The van der Waals surface area contributed by atoms with Crippen LogP contribution < -0.4 is 5.14 Å². The van der Waals surface area contributed by atoms with Crippen molar-refractivity contribution in [2.45, 2.75) is 24.4 Å². The highest BCUT2D eigenvalue weighted by atomic mass is 32.2. The molecule has 0 aliphatic heterocycles. The molecule has 0 amide bonds. The van der Waals surface area contributed by atoms with Gasteiger partial charge in [-0.2, -0.15) is 5.26 Å². The fourth-order valence-corrected chi connectivity index (χ4v) is 2.88. The highest BCUT2D eigenvalue weighted by Gasteiger charge is 2.15. The Morgan fingerprint density at radius 2 is 1.78 bits per heavy atom. The summed E-state index contributed by atoms with van der Waals surface area (Å²) in [4.78, 5) is 2.20. The van der Waals surface area contributed by atoms with Crippen molar-refractivity contribution in [1.82, 2.24) is 4.90 Å². The van der Waals surface area contributed by atoms with Crippen LogP contribution in [0.2, 0.25) is 0 Å². The van der Waals surface area contributed by atoms with Gasteiger partial charge in [-0.1, -0.05) is 30.3 Å². The minimum atomic E-state index is -3.67. The average molecular weight is 329 g/mol. The van der Waals surface area contributed by atoms with Gasteiger partial charge < -0.3 is 0 Å². The van der Waals surface area contributed by atoms with Crippen molar-refractivity contribution in [2.75, 3.05) is 7.05 Å². The Hall–Kier alpha value is -2.20. The maximum atomic E-state index is 11.3. The lowest BCUT2D eigenvalue weighted by Gasteiger charge is -2.25. The van der Waals surface area contributed by atoms with Crippen molar-refractivity contribution in [1.29, 1.82) is 5.26 Å². The normalized spacial score (nSPS) is 12.8. The molecule has 120 valence electrons. The van der Waals surface area contributed by atoms with Crippen LogP contribution in [0.5, 0.6) is 0 Å². The molecule has 0 aliphatic rings. The van der Waals surface area contributed by atoms with E-state index in [1.165, 1.54) is 12.1 Å². The van der Waals surface area contributed by atoms with E-state index in [-0.39, 0.29) is 10.9 Å². The molecule has 2 N–H and O–H groups in total. The molecule has 0 aromatic heterocycles. The lowest BCUT2D eigenvalue weighted by molar-refractivity contribution is 0.253. The van der Waals surface area contributed by atoms with Crippen LogP contribution in [-0.2, 0) is 16.6 Å². The van der Waals surface area contributed by atoms with Crippen LogP contribution in [0.25, 0.3) is 0 Å². The Kier molecular flexibility index (Phi) is 5.16. The van der Waals surface area contributed by atoms with Gasteiger partial charge in [0.1, 0.15) is 0 Å². The van der Waals surface area contributed by atoms with Gasteiger partial charge in [0.25, 0.3) is 0 Å². The fourth-order valence-electron chi connectivity index (χ4n) is 2.36. The highest BCUT2D eigenvalue weighted by molar-refractivity contribution is 7.89. The number of nitrogens with two attached hydrogens (primary N) is 1. The summed E-state index contributed by atoms with van der Waals surface area (Å²) in [6, 6.07) is 16.3. The Morgan fingerprint density at radius 3 is 2.35 bits per heavy atom. The van der Waals surface area contributed by atoms with Crippen molar-refractivity contribution < 1.29 is 8.42 Å². The Bertz CT molecular complexity index is 824. The van der Waals surface area contributed by atoms with Crippen LogP contribution in [0.3, 0.4) is 0 Å². The van der Waals surface area contributed by atoms with E-state index in [2.05, 4.69) is 11.0 Å². The third-order valence-electron chi connectivity index (χ3n) is 3.91. The van der Waals surface area contributed by atoms with E-state index in [4.69, 9.17) is 10.4 Å². The monoisotopic (exact) mass is 329 g/mol. The molecule has 0 saturated heterocycles. The van der Waals surface area contributed by atoms with Gasteiger partial charge in [0.15, 0.2) is 0 Å². The summed E-state index contributed by atoms with van der Waals surface area (Å²) in [6.07, 6.45) is 0. The van der Waals surface area contributed by atoms with Gasteiger partial charge in [-0.15, -0.1) is 0 Å². The molecule has 2 aromatic rings. The summed E-state index contributed by atoms with van der Waals surface area (Å²) in [6.45, 7) is 2.66. The van der Waals surface area contributed by atoms with Crippen LogP contribution in [0.1, 0.15) is 29.7 Å². The Morgan fingerprint density at radius 1 is 1.17 bits per heavy atom. The second-order valence-electron chi connectivity index (χ2n) is 5.47. The van der Waals surface area contributed by atoms with Gasteiger partial charge in [-0.3, -0.25) is 4.90 Å². The predicted molar refractivity (Wildman–Crippen MR) is 88.9 cm³/mol. The minimum absolute atomic E-state index is 0.0660. The van der Waals surface area contributed by atoms with Gasteiger partial charge >= 0.3 is 0 Å². The third-order valence-corrected chi connectivity index (χ3v) is 4.84. The fraction of sp³-hybridized carbons (Fsp3) is 0.235. The highest BCUT2D eigenvalue weighted by Crippen LogP contribution is 2.22. The van der Waals surface area contributed by atoms with E-state index < -0.39 is 10.0 Å². The molecule has 1 unspecified atom stereocenters. The summed E-state index contributed by atoms with van der Waals surface area (Å²) < 4.78 is 22.6. The van der Waals surface area contributed by atoms with Crippen molar-refractivity contribution >= 4 is 10.0 Å². The van der Waals surface area contributed by atoms with Gasteiger partial charge in [-0.05, 0) is 43.3 Å². The van der Waals surface area contributed by atoms with E-state index in [1.807, 2.05) is 32.2 Å². The predicted octanol–water partition coefficient (Wildman–Crippen LogP) is 2.40. The Labute approximate surface area is 137 Å². The number of benzene rings is 2. The molecule has 2 aromatic carbocycles. The largest absolute Gasteiger partial charge is 0.295 e. The molecule has 2 rings (SSSR count). The molecule has 1 atom stereocenters. The first kappa shape index (κ1) is 17.2. The maximum Gasteiger partial charge on any atom is 0.238 e. The molecule has 6 heteroatoms. The summed E-state index contributed by atoms with van der Waals surface area (Å²) in [5.74, 6) is 0. The standard InChI is InChI=1S/C17H19N3O2S/c1-13(14-7-9-17(10-8-14)23(19,21)22)20(2)12-16-6-4-3-5-15(16)11-18/h3-10,13H,12H2,1-2H3,(H2,19,21,22). The maximum absolute atomic E-state index is 11.3. The molecule has 0 radical (unpaired) electrons. The number of hydrogen-bond donors (Lipinski definition) is 1. The van der Waals surface area contributed by atoms with Crippen LogP contribution in [0.4, 0.5) is 0 Å². The van der Waals surface area contributed by atoms with Crippen molar-refractivity contribution in [2.24, 2.45) is 5.14 Å². The van der Waals surface area contributed by atoms with E-state index in [1.54, 1.807) is 18.2 Å². The molecule has 5 nitrogen and oxygen atoms in total. The molecule has 0 saturated carbocycles. The second-order valence-corrected chi connectivity index (χ2v) is 7.04. The molecule has 0 heterocycles. The van der Waals surface area contributed by atoms with Gasteiger partial charge in [0, 0.05) is 12.6 Å². The Balaban J connectivity index is 2.17. The number of nitrogens with zero attached hydrogens (tertiary/aromatic N) is 2. The zero-order valence-electron chi connectivity index (χ0n) is 13.1. The molecular weight excluding hydrogens is 310 g/mol. The minimum Gasteiger partial charge on any atom is -0.295 e. The lowest BCUT2D eigenvalue weighted by Crippen LogP contribution is -2.22. The van der Waals surface area contributed by atoms with Crippen LogP contribution in [0.15, 0.2) is 53.4 Å². The van der Waals surface area contributed by atoms with Crippen molar-refractivity contribution in [3.63, 3.8) is 0 Å². The smallest absolute Gasteiger partial charge is 0.238 e. The topological polar surface area (TPSA) is 87.2 Å². The number of rotatable bonds is 5. The van der Waals surface area contributed by atoms with Crippen LogP contribution >= 0.6 is 0 Å². The first-order chi connectivity index (χ1) is 10.8. The van der Waals surface area contributed by atoms with Crippen molar-refractivity contribution in [3.8, 4) is 6.07 Å². The average Bonchev–Trinajstić information content (AvgIpc) is 2.54. The van der Waals surface area contributed by atoms with E-state index >= 15 is 0 Å². The summed E-state index contributed by atoms with van der Waals surface area (Å²) in [5.41, 5.74) is 2.61. The third kappa shape index (κ3) is 4.17. The van der Waals surface area contributed by atoms with Gasteiger partial charge in [0.2, 0.25) is 10.0 Å². The molecule has 0 aliphatic carbocycles. The zero-order valence-corrected chi connectivity index (χ0v) is 13.9. The van der Waals surface area contributed by atoms with E-state index in [9.17, 15) is 8.42 Å². The quantitative estimate of drug-likeness (QED) is 0.912. The number of hydrogen-bond acceptors (Lipinski definition) is 4. The summed E-state index contributed by atoms with van der Waals surface area (Å²) in [7, 11) is -1.71. The second kappa shape index (κ2) is 6.92. The van der Waals surface area contributed by atoms with Gasteiger partial charge in [-0.25, -0.2) is 13.6 Å². The first-order valence-electron chi connectivity index (χ1n) is 7.14. The molecule has 23 heavy (non-hydrogen) atoms. The molecule has 0 bridgehead atoms. The number of sulfonamides is 1. The molecule has 0 spiro atoms. The SMILES string of the molecule is CC(c1ccc(S(N)(=O)=O)cc1)N(C)Cc1ccccc1C#N. The van der Waals surface area contributed by atoms with Gasteiger partial charge in [0.05, 0.1) is 16.5 Å².